The number of hydrogen-bond donors (Lipinski definition) is 3. The van der Waals surface area contributed by atoms with Gasteiger partial charge in [0.05, 0.1) is 107 Å². The van der Waals surface area contributed by atoms with Crippen LogP contribution in [0.5, 0.6) is 0 Å². The third-order valence-corrected chi connectivity index (χ3v) is 32.5. The number of thiazole rings is 3. The Bertz CT molecular complexity index is 6790. The quantitative estimate of drug-likeness (QED) is 0.0809. The molecule has 33 nitrogen and oxygen atoms in total. The van der Waals surface area contributed by atoms with Gasteiger partial charge in [-0.1, -0.05) is 123 Å². The summed E-state index contributed by atoms with van der Waals surface area (Å²) in [6.45, 7) is 24.7. The average Bonchev–Trinajstić information content (AvgIpc) is 1.38. The van der Waals surface area contributed by atoms with Crippen molar-refractivity contribution in [1.29, 1.82) is 15.8 Å². The molecule has 0 unspecified atom stereocenters. The van der Waals surface area contributed by atoms with Crippen molar-refractivity contribution >= 4 is 135 Å². The molecule has 3 spiro atoms. The smallest absolute Gasteiger partial charge is 0.320 e. The molecule has 9 saturated heterocycles. The number of β-amino-alcohol motifs (C(OH)–C–C–N with tert-alkyl or cyclic N) is 2. The molecule has 5 amide bonds. The first kappa shape index (κ1) is 86.9. The third kappa shape index (κ3) is 15.7. The Labute approximate surface area is 788 Å². The number of hydrogen-bond acceptors (Lipinski definition) is 28. The van der Waals surface area contributed by atoms with Crippen LogP contribution in [0.2, 0.25) is 0 Å². The van der Waals surface area contributed by atoms with Crippen LogP contribution < -0.4 is 29.4 Å². The van der Waals surface area contributed by atoms with Crippen LogP contribution >= 0.6 is 34.0 Å². The summed E-state index contributed by atoms with van der Waals surface area (Å²) < 4.78 is 11.7. The van der Waals surface area contributed by atoms with Gasteiger partial charge in [0.2, 0.25) is 0 Å². The highest BCUT2D eigenvalue weighted by Crippen LogP contribution is 2.53. The van der Waals surface area contributed by atoms with Crippen LogP contribution in [0.4, 0.5) is 59.5 Å². The predicted molar refractivity (Wildman–Crippen MR) is 515 cm³/mol. The maximum Gasteiger partial charge on any atom is 0.320 e. The van der Waals surface area contributed by atoms with Gasteiger partial charge in [-0.15, -0.1) is 0 Å². The molecule has 3 aromatic carbocycles. The second-order valence-corrected chi connectivity index (χ2v) is 42.7. The van der Waals surface area contributed by atoms with Crippen molar-refractivity contribution in [2.45, 2.75) is 148 Å². The largest absolute Gasteiger partial charge is 0.389 e. The molecular formula is C98H108N26O7S3. The summed E-state index contributed by atoms with van der Waals surface area (Å²) in [6.07, 6.45) is 9.55. The molecule has 3 N–H and O–H groups in total. The fourth-order valence-electron chi connectivity index (χ4n) is 21.2. The van der Waals surface area contributed by atoms with Crippen LogP contribution in [0.3, 0.4) is 0 Å². The Kier molecular flexibility index (Phi) is 21.6. The summed E-state index contributed by atoms with van der Waals surface area (Å²) >= 11 is 4.20. The summed E-state index contributed by atoms with van der Waals surface area (Å²) in [6, 6.07) is 39.3. The number of benzene rings is 3. The summed E-state index contributed by atoms with van der Waals surface area (Å²) in [5, 5.41) is 80.1. The molecule has 690 valence electrons. The number of ether oxygens (including phenoxy) is 1. The first-order valence-corrected chi connectivity index (χ1v) is 49.2. The van der Waals surface area contributed by atoms with E-state index in [4.69, 9.17) is 49.9 Å². The average molecular weight is 1860 g/mol. The molecule has 36 heteroatoms. The number of carbonyl (C=O) groups is 3. The molecule has 9 aliphatic heterocycles. The van der Waals surface area contributed by atoms with E-state index in [1.165, 1.54) is 39.6 Å². The number of aromatic nitrogens is 12. The number of aliphatic hydroxyl groups is 3. The van der Waals surface area contributed by atoms with Gasteiger partial charge < -0.3 is 74.0 Å². The van der Waals surface area contributed by atoms with Gasteiger partial charge in [0.25, 0.3) is 5.91 Å². The van der Waals surface area contributed by atoms with Crippen LogP contribution in [-0.4, -0.2) is 274 Å². The highest BCUT2D eigenvalue weighted by molar-refractivity contribution is 7.17. The van der Waals surface area contributed by atoms with E-state index < -0.39 is 5.60 Å². The van der Waals surface area contributed by atoms with Gasteiger partial charge in [0.15, 0.2) is 32.3 Å². The van der Waals surface area contributed by atoms with E-state index in [1.807, 2.05) is 129 Å². The van der Waals surface area contributed by atoms with Crippen molar-refractivity contribution in [3.05, 3.63) is 139 Å². The fraction of sp³-hybridized carbons (Fsp3) is 0.480. The molecule has 3 aliphatic carbocycles. The van der Waals surface area contributed by atoms with Crippen LogP contribution in [0.15, 0.2) is 91.0 Å². The maximum absolute atomic E-state index is 13.1. The van der Waals surface area contributed by atoms with Gasteiger partial charge in [-0.3, -0.25) is 4.79 Å². The number of aliphatic hydroxyl groups excluding tert-OH is 2. The summed E-state index contributed by atoms with van der Waals surface area (Å²) in [5.74, 6) is 2.71. The topological polar surface area (TPSA) is 359 Å². The van der Waals surface area contributed by atoms with Gasteiger partial charge in [-0.05, 0) is 118 Å². The minimum Gasteiger partial charge on any atom is -0.389 e. The van der Waals surface area contributed by atoms with E-state index in [0.29, 0.717) is 121 Å². The number of fused-ring (bicyclic) bond motifs is 3. The molecule has 0 atom stereocenters. The number of urea groups is 2. The van der Waals surface area contributed by atoms with Crippen molar-refractivity contribution < 1.29 is 34.4 Å². The molecule has 0 radical (unpaired) electrons. The van der Waals surface area contributed by atoms with Crippen molar-refractivity contribution in [2.75, 3.05) is 168 Å². The van der Waals surface area contributed by atoms with Crippen LogP contribution in [-0.2, 0) is 9.53 Å². The zero-order chi connectivity index (χ0) is 92.4. The van der Waals surface area contributed by atoms with Crippen molar-refractivity contribution in [3.63, 3.8) is 0 Å². The summed E-state index contributed by atoms with van der Waals surface area (Å²) in [7, 11) is 6.03. The second kappa shape index (κ2) is 33.3. The Morgan fingerprint density at radius 3 is 1.08 bits per heavy atom. The lowest BCUT2D eigenvalue weighted by molar-refractivity contribution is -0.174. The van der Waals surface area contributed by atoms with Gasteiger partial charge in [0, 0.05) is 159 Å². The maximum atomic E-state index is 13.1. The predicted octanol–water partition coefficient (Wildman–Crippen LogP) is 13.6. The standard InChI is InChI=1S/C33H37N9O2S.C33H36N8O3S.C32H35N9O2S/c1-20-4-6-22(7-5-20)28-27(15-34)45-31(36-28)38(3)30-25-14-26(21(2)35-29(25)37-42(30)23-8-9-23)39-12-10-33(11-13-39)18-41(19-33)32(44)40-16-24(43)17-40;1-20-4-6-22(7-5-20)27-26(15-34)45-31(36-27)38(3)29-24-14-25(21(2)35-28(24)37-41(29)23-8-9-23)39-16-32(17-39)18-40(19-32)30(42)33(43)10-12-44-13-11-33;1-19-4-6-21(7-5-19)27-26(13-33)44-30(35-27)37(3)29-24-12-25(20(2)34-28(24)36-41(29)22-8-9-22)38-11-10-32(16-38)17-40(18-32)31(43)39-14-23(42)15-39/h4-7,14,23-24,43H,8-13,16-19H2,1-3H3;4-7,14,23,43H,8-13,16-19H2,1-3H3;4-7,12,22-23,42H,8-11,14-18H2,1-3H3. The minimum atomic E-state index is -1.29. The number of aryl methyl sites for hydroxylation is 6. The third-order valence-electron chi connectivity index (χ3n) is 29.4. The number of amides is 5. The number of rotatable bonds is 16. The highest BCUT2D eigenvalue weighted by atomic mass is 32.1. The lowest BCUT2D eigenvalue weighted by atomic mass is 9.71. The van der Waals surface area contributed by atoms with E-state index in [2.05, 4.69) is 101 Å². The number of anilines is 9. The van der Waals surface area contributed by atoms with Gasteiger partial charge >= 0.3 is 12.1 Å². The zero-order valence-electron chi connectivity index (χ0n) is 76.9. The number of likely N-dealkylation sites (tertiary alicyclic amines) is 5. The monoisotopic (exact) mass is 1860 g/mol. The van der Waals surface area contributed by atoms with Crippen LogP contribution in [0, 0.1) is 91.8 Å². The van der Waals surface area contributed by atoms with Gasteiger partial charge in [-0.25, -0.2) is 53.5 Å². The van der Waals surface area contributed by atoms with E-state index in [1.54, 1.807) is 9.80 Å². The molecule has 134 heavy (non-hydrogen) atoms. The molecule has 0 bridgehead atoms. The molecule has 24 rings (SSSR count). The lowest BCUT2D eigenvalue weighted by Gasteiger charge is -2.61. The van der Waals surface area contributed by atoms with Crippen LogP contribution in [0.1, 0.15) is 137 Å². The molecular weight excluding hydrogens is 1750 g/mol. The molecule has 3 saturated carbocycles. The van der Waals surface area contributed by atoms with Crippen molar-refractivity contribution in [3.8, 4) is 52.0 Å². The van der Waals surface area contributed by atoms with Crippen molar-refractivity contribution in [2.24, 2.45) is 16.2 Å². The van der Waals surface area contributed by atoms with E-state index in [0.717, 1.165) is 245 Å². The lowest BCUT2D eigenvalue weighted by Crippen LogP contribution is -2.75. The molecule has 12 fully saturated rings. The normalized spacial score (nSPS) is 19.7. The second-order valence-electron chi connectivity index (χ2n) is 39.7. The number of nitriles is 3. The van der Waals surface area contributed by atoms with E-state index >= 15 is 0 Å². The Morgan fingerprint density at radius 2 is 0.731 bits per heavy atom. The minimum absolute atomic E-state index is 0.0473. The molecule has 12 aliphatic rings. The molecule has 12 aromatic rings. The Hall–Kier alpha value is -12.5. The number of pyridine rings is 3. The van der Waals surface area contributed by atoms with Crippen molar-refractivity contribution in [1.82, 2.24) is 83.7 Å². The fourth-order valence-corrected chi connectivity index (χ4v) is 23.7. The first-order chi connectivity index (χ1) is 64.6. The first-order valence-electron chi connectivity index (χ1n) is 46.7. The van der Waals surface area contributed by atoms with Gasteiger partial charge in [-0.2, -0.15) is 31.1 Å². The zero-order valence-corrected chi connectivity index (χ0v) is 79.3. The molecule has 9 aromatic heterocycles. The van der Waals surface area contributed by atoms with E-state index in [9.17, 15) is 45.5 Å². The summed E-state index contributed by atoms with van der Waals surface area (Å²) in [4.78, 5) is 92.7. The Balaban J connectivity index is 0.000000117. The van der Waals surface area contributed by atoms with Crippen LogP contribution in [0.25, 0.3) is 66.9 Å². The Morgan fingerprint density at radius 1 is 0.410 bits per heavy atom. The van der Waals surface area contributed by atoms with Gasteiger partial charge in [0.1, 0.15) is 73.0 Å². The van der Waals surface area contributed by atoms with E-state index in [-0.39, 0.29) is 46.4 Å². The number of piperidine rings is 1. The molecule has 18 heterocycles. The number of carbonyl (C=O) groups excluding carboxylic acids is 3. The SMILES string of the molecule is Cc1ccc(-c2nc(N(C)c3c4cc(N5CC6(CN(C(=O)C7(O)CCOCC7)C6)C5)c(C)nc4nn3C3CC3)sc2C#N)cc1.Cc1ccc(-c2nc(N(C)c3c4cc(N5CCC6(CC5)CN(C(=O)N5CC(O)C5)C6)c(C)nc4nn3C3CC3)sc2C#N)cc1.Cc1ccc(-c2nc(N(C)c3c4cc(N5CCC6(CN(C(=O)N7CC(O)C7)C6)C5)c(C)nc4nn3C3CC3)sc2C#N)cc1. The summed E-state index contributed by atoms with van der Waals surface area (Å²) in [5.41, 5.74) is 15.8. The highest BCUT2D eigenvalue weighted by Gasteiger charge is 2.58. The number of nitrogens with zero attached hydrogens (tertiary/aromatic N) is 26.